The van der Waals surface area contributed by atoms with Gasteiger partial charge in [-0.2, -0.15) is 0 Å². The molecule has 0 atom stereocenters. The van der Waals surface area contributed by atoms with Gasteiger partial charge < -0.3 is 14.4 Å². The summed E-state index contributed by atoms with van der Waals surface area (Å²) in [5.41, 5.74) is 0.0894. The third-order valence-electron chi connectivity index (χ3n) is 2.24. The van der Waals surface area contributed by atoms with E-state index < -0.39 is 11.8 Å². The van der Waals surface area contributed by atoms with Crippen LogP contribution in [0.1, 0.15) is 10.6 Å². The zero-order valence-corrected chi connectivity index (χ0v) is 9.86. The number of ether oxygens (including phenoxy) is 1. The van der Waals surface area contributed by atoms with Gasteiger partial charge in [0.15, 0.2) is 0 Å². The van der Waals surface area contributed by atoms with Crippen molar-refractivity contribution in [3.63, 3.8) is 0 Å². The molecule has 0 saturated heterocycles. The zero-order chi connectivity index (χ0) is 13.3. The van der Waals surface area contributed by atoms with Gasteiger partial charge in [-0.3, -0.25) is 0 Å². The van der Waals surface area contributed by atoms with Crippen LogP contribution in [0.4, 0.5) is 4.39 Å². The fraction of sp³-hybridized carbons (Fsp3) is 0.0909. The quantitative estimate of drug-likeness (QED) is 0.929. The highest BCUT2D eigenvalue weighted by molar-refractivity contribution is 6.32. The van der Waals surface area contributed by atoms with E-state index >= 15 is 0 Å². The lowest BCUT2D eigenvalue weighted by Crippen LogP contribution is -1.92. The lowest BCUT2D eigenvalue weighted by Gasteiger charge is -2.05. The molecular weight excluding hydrogens is 265 g/mol. The summed E-state index contributed by atoms with van der Waals surface area (Å²) < 4.78 is 23.1. The molecule has 0 saturated carbocycles. The molecule has 0 aliphatic heterocycles. The van der Waals surface area contributed by atoms with E-state index in [1.54, 1.807) is 0 Å². The number of benzene rings is 1. The molecule has 2 rings (SSSR count). The van der Waals surface area contributed by atoms with Gasteiger partial charge in [0.05, 0.1) is 12.1 Å². The van der Waals surface area contributed by atoms with Crippen molar-refractivity contribution in [3.8, 4) is 17.0 Å². The molecule has 5 nitrogen and oxygen atoms in total. The summed E-state index contributed by atoms with van der Waals surface area (Å²) in [5.74, 6) is -2.12. The van der Waals surface area contributed by atoms with Crippen molar-refractivity contribution >= 4 is 17.6 Å². The Bertz CT molecular complexity index is 611. The summed E-state index contributed by atoms with van der Waals surface area (Å²) in [4.78, 5) is 10.6. The molecule has 0 spiro atoms. The van der Waals surface area contributed by atoms with Crippen LogP contribution in [0.3, 0.4) is 0 Å². The Labute approximate surface area is 106 Å². The Morgan fingerprint density at radius 1 is 1.50 bits per heavy atom. The van der Waals surface area contributed by atoms with E-state index in [-0.39, 0.29) is 27.8 Å². The second-order valence-electron chi connectivity index (χ2n) is 3.35. The first-order valence-corrected chi connectivity index (χ1v) is 5.14. The van der Waals surface area contributed by atoms with E-state index in [2.05, 4.69) is 9.68 Å². The lowest BCUT2D eigenvalue weighted by molar-refractivity contribution is 0.0652. The molecular formula is C11H7ClFNO4. The van der Waals surface area contributed by atoms with Gasteiger partial charge in [0.1, 0.15) is 17.3 Å². The van der Waals surface area contributed by atoms with Crippen molar-refractivity contribution in [2.24, 2.45) is 0 Å². The highest BCUT2D eigenvalue weighted by Crippen LogP contribution is 2.32. The number of hydrogen-bond acceptors (Lipinski definition) is 4. The first-order chi connectivity index (χ1) is 8.52. The van der Waals surface area contributed by atoms with Crippen molar-refractivity contribution < 1.29 is 23.6 Å². The van der Waals surface area contributed by atoms with Crippen LogP contribution in [0.25, 0.3) is 11.3 Å². The maximum atomic E-state index is 13.7. The summed E-state index contributed by atoms with van der Waals surface area (Å²) in [6.45, 7) is 0. The van der Waals surface area contributed by atoms with Crippen LogP contribution in [0, 0.1) is 5.82 Å². The molecule has 1 aromatic heterocycles. The van der Waals surface area contributed by atoms with Gasteiger partial charge in [0.2, 0.25) is 5.76 Å². The molecule has 0 unspecified atom stereocenters. The number of halogens is 2. The molecule has 0 amide bonds. The SMILES string of the molecule is COc1cc(F)c(-c2cc(C(=O)O)on2)cc1Cl. The Hall–Kier alpha value is -2.08. The second kappa shape index (κ2) is 4.66. The Morgan fingerprint density at radius 3 is 2.78 bits per heavy atom. The molecule has 0 aliphatic carbocycles. The topological polar surface area (TPSA) is 72.6 Å². The molecule has 0 aliphatic rings. The number of hydrogen-bond donors (Lipinski definition) is 1. The zero-order valence-electron chi connectivity index (χ0n) is 9.11. The van der Waals surface area contributed by atoms with Crippen molar-refractivity contribution in [3.05, 3.63) is 34.8 Å². The van der Waals surface area contributed by atoms with Gasteiger partial charge in [-0.25, -0.2) is 9.18 Å². The maximum Gasteiger partial charge on any atom is 0.374 e. The predicted octanol–water partition coefficient (Wildman–Crippen LogP) is 2.84. The first kappa shape index (κ1) is 12.4. The van der Waals surface area contributed by atoms with Crippen LogP contribution in [0.2, 0.25) is 5.02 Å². The van der Waals surface area contributed by atoms with Crippen LogP contribution in [0.15, 0.2) is 22.7 Å². The lowest BCUT2D eigenvalue weighted by atomic mass is 10.1. The molecule has 18 heavy (non-hydrogen) atoms. The number of carbonyl (C=O) groups is 1. The van der Waals surface area contributed by atoms with Crippen LogP contribution >= 0.6 is 11.6 Å². The highest BCUT2D eigenvalue weighted by Gasteiger charge is 2.17. The van der Waals surface area contributed by atoms with Gasteiger partial charge >= 0.3 is 5.97 Å². The largest absolute Gasteiger partial charge is 0.495 e. The van der Waals surface area contributed by atoms with Crippen LogP contribution in [-0.2, 0) is 0 Å². The highest BCUT2D eigenvalue weighted by atomic mass is 35.5. The van der Waals surface area contributed by atoms with Gasteiger partial charge in [0, 0.05) is 17.7 Å². The Morgan fingerprint density at radius 2 is 2.22 bits per heavy atom. The van der Waals surface area contributed by atoms with Gasteiger partial charge in [0.25, 0.3) is 0 Å². The molecule has 0 bridgehead atoms. The standard InChI is InChI=1S/C11H7ClFNO4/c1-17-9-3-7(13)5(2-6(9)12)8-4-10(11(15)16)18-14-8/h2-4H,1H3,(H,15,16). The maximum absolute atomic E-state index is 13.7. The van der Waals surface area contributed by atoms with E-state index in [9.17, 15) is 9.18 Å². The number of carboxylic acid groups (broad SMARTS) is 1. The van der Waals surface area contributed by atoms with E-state index in [4.69, 9.17) is 21.4 Å². The summed E-state index contributed by atoms with van der Waals surface area (Å²) in [5, 5.41) is 12.3. The van der Waals surface area contributed by atoms with Gasteiger partial charge in [-0.1, -0.05) is 16.8 Å². The summed E-state index contributed by atoms with van der Waals surface area (Å²) in [6.07, 6.45) is 0. The minimum absolute atomic E-state index is 0.0389. The van der Waals surface area contributed by atoms with Crippen LogP contribution < -0.4 is 4.74 Å². The third-order valence-corrected chi connectivity index (χ3v) is 2.53. The molecule has 7 heteroatoms. The monoisotopic (exact) mass is 271 g/mol. The minimum Gasteiger partial charge on any atom is -0.495 e. The van der Waals surface area contributed by atoms with E-state index in [0.29, 0.717) is 0 Å². The first-order valence-electron chi connectivity index (χ1n) is 4.76. The summed E-state index contributed by atoms with van der Waals surface area (Å²) in [7, 11) is 1.36. The number of methoxy groups -OCH3 is 1. The molecule has 1 N–H and O–H groups in total. The minimum atomic E-state index is -1.28. The molecule has 1 heterocycles. The number of rotatable bonds is 3. The van der Waals surface area contributed by atoms with Crippen molar-refractivity contribution in [2.75, 3.05) is 7.11 Å². The Kier molecular flexibility index (Phi) is 3.20. The third kappa shape index (κ3) is 2.14. The Balaban J connectivity index is 2.50. The van der Waals surface area contributed by atoms with Gasteiger partial charge in [-0.15, -0.1) is 0 Å². The molecule has 94 valence electrons. The fourth-order valence-electron chi connectivity index (χ4n) is 1.38. The number of carboxylic acids is 1. The van der Waals surface area contributed by atoms with E-state index in [0.717, 1.165) is 12.1 Å². The normalized spacial score (nSPS) is 10.4. The summed E-state index contributed by atoms with van der Waals surface area (Å²) >= 11 is 5.85. The average molecular weight is 272 g/mol. The fourth-order valence-corrected chi connectivity index (χ4v) is 1.63. The smallest absolute Gasteiger partial charge is 0.374 e. The van der Waals surface area contributed by atoms with Crippen LogP contribution in [-0.4, -0.2) is 23.3 Å². The molecule has 1 aromatic carbocycles. The molecule has 2 aromatic rings. The number of aromatic carboxylic acids is 1. The van der Waals surface area contributed by atoms with Crippen molar-refractivity contribution in [1.29, 1.82) is 0 Å². The van der Waals surface area contributed by atoms with Crippen molar-refractivity contribution in [1.82, 2.24) is 5.16 Å². The second-order valence-corrected chi connectivity index (χ2v) is 3.76. The predicted molar refractivity (Wildman–Crippen MR) is 60.4 cm³/mol. The number of aromatic nitrogens is 1. The molecule has 0 fully saturated rings. The molecule has 0 radical (unpaired) electrons. The number of nitrogens with zero attached hydrogens (tertiary/aromatic N) is 1. The van der Waals surface area contributed by atoms with Crippen molar-refractivity contribution in [2.45, 2.75) is 0 Å². The average Bonchev–Trinajstić information content (AvgIpc) is 2.81. The van der Waals surface area contributed by atoms with E-state index in [1.165, 1.54) is 13.2 Å². The summed E-state index contributed by atoms with van der Waals surface area (Å²) in [6, 6.07) is 3.50. The van der Waals surface area contributed by atoms with Gasteiger partial charge in [-0.05, 0) is 6.07 Å². The van der Waals surface area contributed by atoms with E-state index in [1.807, 2.05) is 0 Å². The van der Waals surface area contributed by atoms with Crippen LogP contribution in [0.5, 0.6) is 5.75 Å².